The smallest absolute Gasteiger partial charge is 0.351 e. The van der Waals surface area contributed by atoms with Gasteiger partial charge in [0.25, 0.3) is 0 Å². The number of nitrogens with zero attached hydrogens (tertiary/aromatic N) is 1. The molecule has 0 saturated heterocycles. The zero-order chi connectivity index (χ0) is 8.55. The van der Waals surface area contributed by atoms with Crippen LogP contribution in [0, 0.1) is 0 Å². The molecule has 2 aromatic heterocycles. The lowest BCUT2D eigenvalue weighted by Gasteiger charge is -1.90. The average Bonchev–Trinajstić information content (AvgIpc) is 2.47. The zero-order valence-electron chi connectivity index (χ0n) is 6.18. The Morgan fingerprint density at radius 2 is 2.08 bits per heavy atom. The largest absolute Gasteiger partial charge is 0.591 e. The molecule has 2 aromatic rings. The molecule has 0 bridgehead atoms. The Kier molecular flexibility index (Phi) is 1.68. The summed E-state index contributed by atoms with van der Waals surface area (Å²) in [6.45, 7) is 0. The molecule has 1 atom stereocenters. The lowest BCUT2D eigenvalue weighted by molar-refractivity contribution is -0.160. The van der Waals surface area contributed by atoms with Crippen molar-refractivity contribution in [3.05, 3.63) is 36.7 Å². The van der Waals surface area contributed by atoms with Crippen molar-refractivity contribution in [1.29, 1.82) is 0 Å². The van der Waals surface area contributed by atoms with E-state index in [1.54, 1.807) is 22.7 Å². The summed E-state index contributed by atoms with van der Waals surface area (Å²) < 4.78 is 12.5. The third-order valence-electron chi connectivity index (χ3n) is 1.74. The van der Waals surface area contributed by atoms with Gasteiger partial charge >= 0.3 is 8.03 Å². The highest BCUT2D eigenvalue weighted by Crippen LogP contribution is 2.13. The summed E-state index contributed by atoms with van der Waals surface area (Å²) in [6.07, 6.45) is 3.55. The van der Waals surface area contributed by atoms with E-state index in [2.05, 4.69) is 0 Å². The Morgan fingerprint density at radius 3 is 2.83 bits per heavy atom. The first-order chi connectivity index (χ1) is 5.79. The van der Waals surface area contributed by atoms with Gasteiger partial charge in [0.05, 0.1) is 5.52 Å². The molecule has 0 N–H and O–H groups in total. The molecule has 3 nitrogen and oxygen atoms in total. The quantitative estimate of drug-likeness (QED) is 0.604. The van der Waals surface area contributed by atoms with Gasteiger partial charge in [-0.1, -0.05) is 10.6 Å². The van der Waals surface area contributed by atoms with Gasteiger partial charge in [-0.3, -0.25) is 0 Å². The average molecular weight is 179 g/mol. The Labute approximate surface area is 70.1 Å². The van der Waals surface area contributed by atoms with Crippen LogP contribution in [0.1, 0.15) is 0 Å². The monoisotopic (exact) mass is 179 g/mol. The molecule has 60 valence electrons. The second-order valence-corrected chi connectivity index (χ2v) is 3.45. The number of rotatable bonds is 1. The lowest BCUT2D eigenvalue weighted by Crippen LogP contribution is -2.02. The van der Waals surface area contributed by atoms with Crippen LogP contribution in [0.3, 0.4) is 0 Å². The number of hydrogen-bond donors (Lipinski definition) is 0. The molecule has 0 spiro atoms. The van der Waals surface area contributed by atoms with Crippen molar-refractivity contribution in [2.24, 2.45) is 0 Å². The molecule has 0 amide bonds. The van der Waals surface area contributed by atoms with Gasteiger partial charge in [0.1, 0.15) is 0 Å². The van der Waals surface area contributed by atoms with Crippen LogP contribution in [0.15, 0.2) is 36.7 Å². The van der Waals surface area contributed by atoms with Crippen LogP contribution in [0.4, 0.5) is 0 Å². The van der Waals surface area contributed by atoms with Crippen LogP contribution in [-0.4, -0.2) is 4.40 Å². The molecule has 0 aromatic carbocycles. The van der Waals surface area contributed by atoms with Gasteiger partial charge in [0.15, 0.2) is 0 Å². The van der Waals surface area contributed by atoms with Crippen LogP contribution in [-0.2, 0) is 4.57 Å². The SMILES string of the molecule is O=[P+]([O-])c1ccn2ccccc12. The van der Waals surface area contributed by atoms with Gasteiger partial charge in [-0.25, -0.2) is 0 Å². The van der Waals surface area contributed by atoms with Gasteiger partial charge in [-0.15, -0.1) is 0 Å². The highest BCUT2D eigenvalue weighted by atomic mass is 31.1. The van der Waals surface area contributed by atoms with Gasteiger partial charge in [0.2, 0.25) is 5.30 Å². The third kappa shape index (κ3) is 1.04. The van der Waals surface area contributed by atoms with E-state index >= 15 is 0 Å². The standard InChI is InChI=1S/C8H6NO2P/c10-12(11)8-4-6-9-5-2-1-3-7(8)9/h1-6H. The molecule has 2 heterocycles. The van der Waals surface area contributed by atoms with Crippen molar-refractivity contribution in [2.45, 2.75) is 0 Å². The maximum atomic E-state index is 10.7. The van der Waals surface area contributed by atoms with Crippen molar-refractivity contribution in [3.63, 3.8) is 0 Å². The molecule has 0 saturated carbocycles. The van der Waals surface area contributed by atoms with Crippen molar-refractivity contribution < 1.29 is 9.46 Å². The summed E-state index contributed by atoms with van der Waals surface area (Å²) in [4.78, 5) is 10.7. The molecule has 0 aliphatic rings. The first kappa shape index (κ1) is 7.47. The first-order valence-corrected chi connectivity index (χ1v) is 4.67. The third-order valence-corrected chi connectivity index (χ3v) is 2.51. The lowest BCUT2D eigenvalue weighted by atomic mass is 10.4. The molecule has 12 heavy (non-hydrogen) atoms. The fraction of sp³-hybridized carbons (Fsp3) is 0. The van der Waals surface area contributed by atoms with E-state index in [4.69, 9.17) is 0 Å². The molecule has 0 aliphatic heterocycles. The molecule has 1 unspecified atom stereocenters. The highest BCUT2D eigenvalue weighted by molar-refractivity contribution is 7.46. The molecule has 2 rings (SSSR count). The van der Waals surface area contributed by atoms with Crippen LogP contribution < -0.4 is 10.2 Å². The van der Waals surface area contributed by atoms with Crippen molar-refractivity contribution in [1.82, 2.24) is 4.40 Å². The Balaban J connectivity index is 2.79. The Hall–Kier alpha value is -1.18. The van der Waals surface area contributed by atoms with Crippen LogP contribution in [0.5, 0.6) is 0 Å². The highest BCUT2D eigenvalue weighted by Gasteiger charge is 2.12. The van der Waals surface area contributed by atoms with Crippen molar-refractivity contribution >= 4 is 18.8 Å². The first-order valence-electron chi connectivity index (χ1n) is 3.49. The number of pyridine rings is 1. The number of hydrogen-bond acceptors (Lipinski definition) is 2. The summed E-state index contributed by atoms with van der Waals surface area (Å²) in [5.41, 5.74) is 0.730. The van der Waals surface area contributed by atoms with Crippen LogP contribution in [0.2, 0.25) is 0 Å². The fourth-order valence-corrected chi connectivity index (χ4v) is 1.76. The van der Waals surface area contributed by atoms with Gasteiger partial charge in [-0.05, 0) is 12.1 Å². The molecular formula is C8H6NO2P. The fourth-order valence-electron chi connectivity index (χ4n) is 1.19. The minimum Gasteiger partial charge on any atom is -0.591 e. The summed E-state index contributed by atoms with van der Waals surface area (Å²) in [7, 11) is -2.48. The summed E-state index contributed by atoms with van der Waals surface area (Å²) in [5, 5.41) is 0.380. The number of fused-ring (bicyclic) bond motifs is 1. The molecule has 0 radical (unpaired) electrons. The predicted octanol–water partition coefficient (Wildman–Crippen LogP) is 0.667. The maximum Gasteiger partial charge on any atom is 0.351 e. The summed E-state index contributed by atoms with van der Waals surface area (Å²) in [5.74, 6) is 0. The van der Waals surface area contributed by atoms with Gasteiger partial charge < -0.3 is 9.29 Å². The van der Waals surface area contributed by atoms with E-state index in [-0.39, 0.29) is 0 Å². The second-order valence-electron chi connectivity index (χ2n) is 2.45. The van der Waals surface area contributed by atoms with E-state index in [1.165, 1.54) is 0 Å². The predicted molar refractivity (Wildman–Crippen MR) is 44.6 cm³/mol. The van der Waals surface area contributed by atoms with E-state index < -0.39 is 8.03 Å². The Morgan fingerprint density at radius 1 is 1.25 bits per heavy atom. The minimum atomic E-state index is -2.48. The van der Waals surface area contributed by atoms with Crippen LogP contribution in [0.25, 0.3) is 5.52 Å². The van der Waals surface area contributed by atoms with Gasteiger partial charge in [-0.2, -0.15) is 0 Å². The Bertz CT molecular complexity index is 435. The molecule has 0 aliphatic carbocycles. The minimum absolute atomic E-state index is 0.380. The van der Waals surface area contributed by atoms with Crippen LogP contribution >= 0.6 is 8.03 Å². The second kappa shape index (κ2) is 2.70. The van der Waals surface area contributed by atoms with Crippen molar-refractivity contribution in [3.8, 4) is 0 Å². The normalized spacial score (nSPS) is 11.9. The molecular weight excluding hydrogens is 173 g/mol. The summed E-state index contributed by atoms with van der Waals surface area (Å²) >= 11 is 0. The molecule has 4 heteroatoms. The maximum absolute atomic E-state index is 10.7. The molecule has 0 fully saturated rings. The van der Waals surface area contributed by atoms with E-state index in [0.29, 0.717) is 5.30 Å². The topological polar surface area (TPSA) is 44.5 Å². The van der Waals surface area contributed by atoms with Crippen molar-refractivity contribution in [2.75, 3.05) is 0 Å². The van der Waals surface area contributed by atoms with E-state index in [9.17, 15) is 9.46 Å². The van der Waals surface area contributed by atoms with E-state index in [1.807, 2.05) is 18.3 Å². The summed E-state index contributed by atoms with van der Waals surface area (Å²) in [6, 6.07) is 7.05. The zero-order valence-corrected chi connectivity index (χ0v) is 7.07. The number of aromatic nitrogens is 1. The van der Waals surface area contributed by atoms with E-state index in [0.717, 1.165) is 5.52 Å². The van der Waals surface area contributed by atoms with Gasteiger partial charge in [0, 0.05) is 18.5 Å².